The maximum atomic E-state index is 13.2. The zero-order chi connectivity index (χ0) is 20.2. The van der Waals surface area contributed by atoms with Crippen molar-refractivity contribution in [2.24, 2.45) is 5.16 Å². The van der Waals surface area contributed by atoms with E-state index in [-0.39, 0.29) is 29.3 Å². The normalized spacial score (nSPS) is 13.0. The molecule has 0 aromatic heterocycles. The molecule has 0 saturated heterocycles. The van der Waals surface area contributed by atoms with Crippen molar-refractivity contribution < 1.29 is 31.2 Å². The molecule has 27 heavy (non-hydrogen) atoms. The van der Waals surface area contributed by atoms with Gasteiger partial charge in [0.25, 0.3) is 0 Å². The van der Waals surface area contributed by atoms with Crippen molar-refractivity contribution in [2.75, 3.05) is 0 Å². The third-order valence-corrected chi connectivity index (χ3v) is 3.86. The maximum Gasteiger partial charge on any atom is 0.417 e. The molecule has 146 valence electrons. The molecule has 0 aliphatic carbocycles. The van der Waals surface area contributed by atoms with E-state index in [0.29, 0.717) is 5.56 Å². The molecule has 0 aliphatic heterocycles. The number of rotatable bonds is 5. The molecule has 0 fully saturated rings. The summed E-state index contributed by atoms with van der Waals surface area (Å²) in [5, 5.41) is 3.84. The minimum absolute atomic E-state index is 0.0248. The second-order valence-electron chi connectivity index (χ2n) is 5.55. The summed E-state index contributed by atoms with van der Waals surface area (Å²) < 4.78 is 77.1. The molecule has 2 aromatic carbocycles. The summed E-state index contributed by atoms with van der Waals surface area (Å²) in [6.07, 6.45) is -8.91. The third kappa shape index (κ3) is 5.63. The number of alkyl halides is 6. The highest BCUT2D eigenvalue weighted by Gasteiger charge is 2.34. The van der Waals surface area contributed by atoms with E-state index in [1.807, 2.05) is 0 Å². The molecule has 0 atom stereocenters. The lowest BCUT2D eigenvalue weighted by atomic mass is 10.0. The number of halogens is 7. The summed E-state index contributed by atoms with van der Waals surface area (Å²) in [5.41, 5.74) is -1.49. The quantitative estimate of drug-likeness (QED) is 0.305. The van der Waals surface area contributed by atoms with Gasteiger partial charge in [0.15, 0.2) is 0 Å². The number of hydrogen-bond acceptors (Lipinski definition) is 2. The van der Waals surface area contributed by atoms with Crippen LogP contribution in [0.15, 0.2) is 47.6 Å². The number of hydrogen-bond donors (Lipinski definition) is 0. The highest BCUT2D eigenvalue weighted by atomic mass is 35.5. The zero-order valence-corrected chi connectivity index (χ0v) is 14.7. The monoisotopic (exact) mass is 409 g/mol. The lowest BCUT2D eigenvalue weighted by Crippen LogP contribution is -2.13. The molecule has 2 aromatic rings. The Kier molecular flexibility index (Phi) is 6.41. The fourth-order valence-electron chi connectivity index (χ4n) is 2.28. The molecule has 0 aliphatic rings. The van der Waals surface area contributed by atoms with Crippen LogP contribution in [0.4, 0.5) is 26.3 Å². The minimum Gasteiger partial charge on any atom is -0.391 e. The summed E-state index contributed by atoms with van der Waals surface area (Å²) in [7, 11) is 0. The highest BCUT2D eigenvalue weighted by Crippen LogP contribution is 2.34. The van der Waals surface area contributed by atoms with Crippen LogP contribution in [0.2, 0.25) is 5.02 Å². The van der Waals surface area contributed by atoms with Crippen LogP contribution < -0.4 is 0 Å². The number of benzene rings is 2. The van der Waals surface area contributed by atoms with Gasteiger partial charge in [-0.3, -0.25) is 0 Å². The highest BCUT2D eigenvalue weighted by molar-refractivity contribution is 6.31. The topological polar surface area (TPSA) is 21.6 Å². The van der Waals surface area contributed by atoms with Crippen molar-refractivity contribution in [1.29, 1.82) is 0 Å². The molecule has 2 nitrogen and oxygen atoms in total. The van der Waals surface area contributed by atoms with Crippen molar-refractivity contribution in [3.63, 3.8) is 0 Å². The molecule has 0 bridgehead atoms. The first-order chi connectivity index (χ1) is 12.5. The first kappa shape index (κ1) is 21.1. The zero-order valence-electron chi connectivity index (χ0n) is 14.0. The van der Waals surface area contributed by atoms with E-state index in [4.69, 9.17) is 16.4 Å². The summed E-state index contributed by atoms with van der Waals surface area (Å²) >= 11 is 5.79. The third-order valence-electron chi connectivity index (χ3n) is 3.62. The lowest BCUT2D eigenvalue weighted by molar-refractivity contribution is -0.138. The summed E-state index contributed by atoms with van der Waals surface area (Å²) in [6, 6.07) is 7.34. The van der Waals surface area contributed by atoms with Gasteiger partial charge in [0.2, 0.25) is 0 Å². The SMILES string of the molecule is CC/C(=N\OCc1ccc(C(F)(F)F)cc1)c1cc(Cl)ccc1C(F)(F)F. The molecule has 9 heteroatoms. The number of oxime groups is 1. The molecule has 0 N–H and O–H groups in total. The van der Waals surface area contributed by atoms with Crippen LogP contribution in [0, 0.1) is 0 Å². The summed E-state index contributed by atoms with van der Waals surface area (Å²) in [5.74, 6) is 0. The van der Waals surface area contributed by atoms with Crippen LogP contribution in [0.1, 0.15) is 35.6 Å². The first-order valence-electron chi connectivity index (χ1n) is 7.74. The summed E-state index contributed by atoms with van der Waals surface area (Å²) in [6.45, 7) is 1.41. The van der Waals surface area contributed by atoms with Gasteiger partial charge in [-0.15, -0.1) is 0 Å². The van der Waals surface area contributed by atoms with Gasteiger partial charge in [0.05, 0.1) is 16.8 Å². The Bertz CT molecular complexity index is 812. The van der Waals surface area contributed by atoms with Crippen molar-refractivity contribution in [2.45, 2.75) is 32.3 Å². The largest absolute Gasteiger partial charge is 0.417 e. The van der Waals surface area contributed by atoms with E-state index in [9.17, 15) is 26.3 Å². The first-order valence-corrected chi connectivity index (χ1v) is 8.12. The molecule has 0 heterocycles. The van der Waals surface area contributed by atoms with E-state index in [1.165, 1.54) is 12.1 Å². The Morgan fingerprint density at radius 3 is 2.11 bits per heavy atom. The van der Waals surface area contributed by atoms with E-state index in [1.54, 1.807) is 6.92 Å². The van der Waals surface area contributed by atoms with Gasteiger partial charge in [-0.25, -0.2) is 0 Å². The molecule has 0 radical (unpaired) electrons. The fourth-order valence-corrected chi connectivity index (χ4v) is 2.45. The van der Waals surface area contributed by atoms with E-state index < -0.39 is 23.5 Å². The van der Waals surface area contributed by atoms with Gasteiger partial charge < -0.3 is 4.84 Å². The van der Waals surface area contributed by atoms with E-state index >= 15 is 0 Å². The van der Waals surface area contributed by atoms with Gasteiger partial charge in [0, 0.05) is 10.6 Å². The van der Waals surface area contributed by atoms with Crippen LogP contribution >= 0.6 is 11.6 Å². The van der Waals surface area contributed by atoms with Crippen LogP contribution in [0.5, 0.6) is 0 Å². The maximum absolute atomic E-state index is 13.2. The van der Waals surface area contributed by atoms with Gasteiger partial charge in [0.1, 0.15) is 6.61 Å². The van der Waals surface area contributed by atoms with Crippen LogP contribution in [-0.4, -0.2) is 5.71 Å². The van der Waals surface area contributed by atoms with Crippen molar-refractivity contribution in [1.82, 2.24) is 0 Å². The van der Waals surface area contributed by atoms with Crippen molar-refractivity contribution >= 4 is 17.3 Å². The van der Waals surface area contributed by atoms with Crippen LogP contribution in [-0.2, 0) is 23.8 Å². The molecule has 0 unspecified atom stereocenters. The molecule has 0 saturated carbocycles. The Balaban J connectivity index is 2.19. The van der Waals surface area contributed by atoms with Gasteiger partial charge in [-0.2, -0.15) is 26.3 Å². The molecule has 0 amide bonds. The molecule has 2 rings (SSSR count). The second-order valence-corrected chi connectivity index (χ2v) is 5.98. The smallest absolute Gasteiger partial charge is 0.391 e. The van der Waals surface area contributed by atoms with Crippen LogP contribution in [0.3, 0.4) is 0 Å². The Hall–Kier alpha value is -2.22. The molecular formula is C18H14ClF6NO. The lowest BCUT2D eigenvalue weighted by Gasteiger charge is -2.14. The fraction of sp³-hybridized carbons (Fsp3) is 0.278. The molecular weight excluding hydrogens is 396 g/mol. The Morgan fingerprint density at radius 2 is 1.59 bits per heavy atom. The van der Waals surface area contributed by atoms with Crippen molar-refractivity contribution in [3.8, 4) is 0 Å². The van der Waals surface area contributed by atoms with Gasteiger partial charge in [-0.05, 0) is 42.3 Å². The second kappa shape index (κ2) is 8.21. The van der Waals surface area contributed by atoms with E-state index in [2.05, 4.69) is 5.16 Å². The standard InChI is InChI=1S/C18H14ClF6NO/c1-2-16(14-9-13(19)7-8-15(14)18(23,24)25)26-27-10-11-3-5-12(6-4-11)17(20,21)22/h3-9H,2,10H2,1H3/b26-16+. The predicted molar refractivity (Wildman–Crippen MR) is 89.5 cm³/mol. The minimum atomic E-state index is -4.59. The average Bonchev–Trinajstić information content (AvgIpc) is 2.57. The predicted octanol–water partition coefficient (Wildman–Crippen LogP) is 6.71. The summed E-state index contributed by atoms with van der Waals surface area (Å²) in [4.78, 5) is 5.06. The Morgan fingerprint density at radius 1 is 0.963 bits per heavy atom. The van der Waals surface area contributed by atoms with Crippen LogP contribution in [0.25, 0.3) is 0 Å². The van der Waals surface area contributed by atoms with Gasteiger partial charge in [-0.1, -0.05) is 35.8 Å². The average molecular weight is 410 g/mol. The van der Waals surface area contributed by atoms with E-state index in [0.717, 1.165) is 30.3 Å². The molecule has 0 spiro atoms. The Labute approximate surface area is 156 Å². The van der Waals surface area contributed by atoms with Gasteiger partial charge >= 0.3 is 12.4 Å². The number of nitrogens with zero attached hydrogens (tertiary/aromatic N) is 1. The van der Waals surface area contributed by atoms with Crippen molar-refractivity contribution in [3.05, 3.63) is 69.7 Å².